The van der Waals surface area contributed by atoms with Crippen LogP contribution in [-0.4, -0.2) is 84.9 Å². The average molecular weight is 454 g/mol. The highest BCUT2D eigenvalue weighted by atomic mass is 32.2. The second kappa shape index (κ2) is 8.71. The van der Waals surface area contributed by atoms with Crippen LogP contribution in [0.3, 0.4) is 0 Å². The van der Waals surface area contributed by atoms with Crippen molar-refractivity contribution < 1.29 is 27.2 Å². The van der Waals surface area contributed by atoms with E-state index >= 15 is 0 Å². The minimum absolute atomic E-state index is 0.0273. The predicted octanol–water partition coefficient (Wildman–Crippen LogP) is 0.401. The summed E-state index contributed by atoms with van der Waals surface area (Å²) in [6.45, 7) is 2.09. The van der Waals surface area contributed by atoms with Crippen LogP contribution in [0.15, 0.2) is 38.8 Å². The van der Waals surface area contributed by atoms with E-state index in [1.54, 1.807) is 12.1 Å². The summed E-state index contributed by atoms with van der Waals surface area (Å²) in [5.41, 5.74) is 0.453. The van der Waals surface area contributed by atoms with Crippen LogP contribution in [0.4, 0.5) is 4.79 Å². The molecule has 160 valence electrons. The molecular weight excluding hydrogens is 434 g/mol. The third-order valence-corrected chi connectivity index (χ3v) is 7.27. The maximum Gasteiger partial charge on any atom is 0.324 e. The normalized spacial score (nSPS) is 17.9. The summed E-state index contributed by atoms with van der Waals surface area (Å²) in [5.74, 6) is -0.239. The quantitative estimate of drug-likeness (QED) is 0.617. The Hall–Kier alpha value is -2.48. The third-order valence-electron chi connectivity index (χ3n) is 4.57. The lowest BCUT2D eigenvalue weighted by Gasteiger charge is -2.26. The van der Waals surface area contributed by atoms with E-state index in [0.29, 0.717) is 45.0 Å². The lowest BCUT2D eigenvalue weighted by atomic mass is 10.2. The fraction of sp³-hybridized carbons (Fsp3) is 0.412. The average Bonchev–Trinajstić information content (AvgIpc) is 3.42. The molecule has 2 aromatic rings. The highest BCUT2D eigenvalue weighted by Crippen LogP contribution is 2.26. The standard InChI is InChI=1S/C17H19N5O6S2/c23-14(22-5-4-18-16(22)24)11-29-17-20-19-15(28-17)12-2-1-3-13(10-12)30(25,26)21-6-8-27-9-7-21/h1-3,10H,4-9,11H2,(H,18,24). The van der Waals surface area contributed by atoms with Crippen LogP contribution in [0, 0.1) is 0 Å². The molecule has 0 bridgehead atoms. The molecule has 3 heterocycles. The molecule has 0 radical (unpaired) electrons. The van der Waals surface area contributed by atoms with Gasteiger partial charge in [-0.3, -0.25) is 9.69 Å². The fourth-order valence-electron chi connectivity index (χ4n) is 3.02. The van der Waals surface area contributed by atoms with Crippen molar-refractivity contribution in [2.75, 3.05) is 45.1 Å². The number of benzene rings is 1. The van der Waals surface area contributed by atoms with Crippen molar-refractivity contribution in [3.8, 4) is 11.5 Å². The number of hydrogen-bond acceptors (Lipinski definition) is 9. The Labute approximate surface area is 176 Å². The van der Waals surface area contributed by atoms with E-state index in [-0.39, 0.29) is 27.7 Å². The monoisotopic (exact) mass is 453 g/mol. The van der Waals surface area contributed by atoms with E-state index < -0.39 is 16.1 Å². The molecule has 1 N–H and O–H groups in total. The number of carbonyl (C=O) groups is 2. The van der Waals surface area contributed by atoms with E-state index in [2.05, 4.69) is 15.5 Å². The van der Waals surface area contributed by atoms with Gasteiger partial charge in [0.25, 0.3) is 5.22 Å². The molecule has 2 aliphatic rings. The Balaban J connectivity index is 1.45. The molecule has 4 rings (SSSR count). The molecule has 2 saturated heterocycles. The number of carbonyl (C=O) groups excluding carboxylic acids is 2. The van der Waals surface area contributed by atoms with Gasteiger partial charge < -0.3 is 14.5 Å². The molecule has 2 aliphatic heterocycles. The van der Waals surface area contributed by atoms with E-state index in [0.717, 1.165) is 16.7 Å². The number of sulfonamides is 1. The molecule has 0 saturated carbocycles. The number of hydrogen-bond donors (Lipinski definition) is 1. The molecule has 13 heteroatoms. The van der Waals surface area contributed by atoms with Crippen molar-refractivity contribution in [3.05, 3.63) is 24.3 Å². The molecule has 11 nitrogen and oxygen atoms in total. The minimum atomic E-state index is -3.65. The van der Waals surface area contributed by atoms with Crippen LogP contribution in [0.25, 0.3) is 11.5 Å². The molecule has 1 aromatic heterocycles. The first-order chi connectivity index (χ1) is 14.4. The molecule has 0 unspecified atom stereocenters. The first-order valence-electron chi connectivity index (χ1n) is 9.18. The summed E-state index contributed by atoms with van der Waals surface area (Å²) in [7, 11) is -3.65. The van der Waals surface area contributed by atoms with Gasteiger partial charge in [0.2, 0.25) is 21.8 Å². The highest BCUT2D eigenvalue weighted by molar-refractivity contribution is 7.99. The fourth-order valence-corrected chi connectivity index (χ4v) is 5.11. The van der Waals surface area contributed by atoms with E-state index in [1.165, 1.54) is 16.4 Å². The Kier molecular flexibility index (Phi) is 6.04. The SMILES string of the molecule is O=C(CSc1nnc(-c2cccc(S(=O)(=O)N3CCOCC3)c2)o1)N1CCNC1=O. The van der Waals surface area contributed by atoms with Crippen molar-refractivity contribution >= 4 is 33.7 Å². The van der Waals surface area contributed by atoms with Crippen molar-refractivity contribution in [1.29, 1.82) is 0 Å². The number of nitrogens with one attached hydrogen (secondary N) is 1. The lowest BCUT2D eigenvalue weighted by molar-refractivity contribution is -0.124. The predicted molar refractivity (Wildman–Crippen MR) is 105 cm³/mol. The number of urea groups is 1. The number of aromatic nitrogens is 2. The maximum absolute atomic E-state index is 12.8. The van der Waals surface area contributed by atoms with Gasteiger partial charge in [0, 0.05) is 31.7 Å². The topological polar surface area (TPSA) is 135 Å². The lowest BCUT2D eigenvalue weighted by Crippen LogP contribution is -2.40. The van der Waals surface area contributed by atoms with Crippen LogP contribution in [0.2, 0.25) is 0 Å². The molecule has 0 aliphatic carbocycles. The summed E-state index contributed by atoms with van der Waals surface area (Å²) in [6.07, 6.45) is 0. The van der Waals surface area contributed by atoms with Crippen molar-refractivity contribution in [2.24, 2.45) is 0 Å². The van der Waals surface area contributed by atoms with Gasteiger partial charge in [-0.05, 0) is 18.2 Å². The Morgan fingerprint density at radius 2 is 2.00 bits per heavy atom. The van der Waals surface area contributed by atoms with E-state index in [4.69, 9.17) is 9.15 Å². The largest absolute Gasteiger partial charge is 0.411 e. The van der Waals surface area contributed by atoms with Gasteiger partial charge in [0.05, 0.1) is 23.9 Å². The summed E-state index contributed by atoms with van der Waals surface area (Å²) >= 11 is 1.01. The van der Waals surface area contributed by atoms with Crippen LogP contribution in [0.1, 0.15) is 0 Å². The van der Waals surface area contributed by atoms with Crippen LogP contribution in [-0.2, 0) is 19.6 Å². The molecular formula is C17H19N5O6S2. The van der Waals surface area contributed by atoms with Crippen molar-refractivity contribution in [2.45, 2.75) is 10.1 Å². The summed E-state index contributed by atoms with van der Waals surface area (Å²) in [6, 6.07) is 5.85. The molecule has 2 fully saturated rings. The van der Waals surface area contributed by atoms with Gasteiger partial charge in [-0.25, -0.2) is 13.2 Å². The number of nitrogens with zero attached hydrogens (tertiary/aromatic N) is 4. The van der Waals surface area contributed by atoms with Gasteiger partial charge in [-0.15, -0.1) is 10.2 Å². The van der Waals surface area contributed by atoms with E-state index in [1.807, 2.05) is 0 Å². The van der Waals surface area contributed by atoms with Crippen molar-refractivity contribution in [1.82, 2.24) is 24.7 Å². The Morgan fingerprint density at radius 1 is 1.20 bits per heavy atom. The molecule has 30 heavy (non-hydrogen) atoms. The maximum atomic E-state index is 12.8. The summed E-state index contributed by atoms with van der Waals surface area (Å²) in [4.78, 5) is 24.9. The summed E-state index contributed by atoms with van der Waals surface area (Å²) < 4.78 is 37.8. The second-order valence-electron chi connectivity index (χ2n) is 6.48. The molecule has 3 amide bonds. The summed E-state index contributed by atoms with van der Waals surface area (Å²) in [5, 5.41) is 10.5. The first kappa shape index (κ1) is 20.8. The molecule has 1 aromatic carbocycles. The van der Waals surface area contributed by atoms with Gasteiger partial charge >= 0.3 is 6.03 Å². The zero-order valence-corrected chi connectivity index (χ0v) is 17.4. The second-order valence-corrected chi connectivity index (χ2v) is 9.35. The number of imide groups is 1. The molecule has 0 atom stereocenters. The smallest absolute Gasteiger partial charge is 0.324 e. The molecule has 0 spiro atoms. The van der Waals surface area contributed by atoms with Crippen LogP contribution < -0.4 is 5.32 Å². The number of morpholine rings is 1. The number of amides is 3. The first-order valence-corrected chi connectivity index (χ1v) is 11.6. The minimum Gasteiger partial charge on any atom is -0.411 e. The van der Waals surface area contributed by atoms with Gasteiger partial charge in [0.1, 0.15) is 0 Å². The number of ether oxygens (including phenoxy) is 1. The Bertz CT molecular complexity index is 1050. The van der Waals surface area contributed by atoms with E-state index in [9.17, 15) is 18.0 Å². The van der Waals surface area contributed by atoms with Gasteiger partial charge in [-0.1, -0.05) is 17.8 Å². The Morgan fingerprint density at radius 3 is 2.73 bits per heavy atom. The van der Waals surface area contributed by atoms with Crippen LogP contribution in [0.5, 0.6) is 0 Å². The van der Waals surface area contributed by atoms with Gasteiger partial charge in [0.15, 0.2) is 0 Å². The van der Waals surface area contributed by atoms with Crippen molar-refractivity contribution in [3.63, 3.8) is 0 Å². The third kappa shape index (κ3) is 4.33. The van der Waals surface area contributed by atoms with Crippen LogP contribution >= 0.6 is 11.8 Å². The zero-order chi connectivity index (χ0) is 21.1. The number of thioether (sulfide) groups is 1. The van der Waals surface area contributed by atoms with Gasteiger partial charge in [-0.2, -0.15) is 4.31 Å². The number of rotatable bonds is 6. The zero-order valence-electron chi connectivity index (χ0n) is 15.8. The highest BCUT2D eigenvalue weighted by Gasteiger charge is 2.28.